The van der Waals surface area contributed by atoms with Crippen molar-refractivity contribution in [3.8, 4) is 0 Å². The average Bonchev–Trinajstić information content (AvgIpc) is 1.98. The Balaban J connectivity index is 3.66. The SMILES string of the molecule is CC(O)CC(=O)OC(CO)CO. The number of hydrogen-bond acceptors (Lipinski definition) is 5. The summed E-state index contributed by atoms with van der Waals surface area (Å²) >= 11 is 0. The van der Waals surface area contributed by atoms with Crippen molar-refractivity contribution in [3.63, 3.8) is 0 Å². The van der Waals surface area contributed by atoms with E-state index in [-0.39, 0.29) is 6.42 Å². The highest BCUT2D eigenvalue weighted by atomic mass is 16.6. The van der Waals surface area contributed by atoms with Crippen molar-refractivity contribution in [3.05, 3.63) is 0 Å². The lowest BCUT2D eigenvalue weighted by molar-refractivity contribution is -0.155. The van der Waals surface area contributed by atoms with E-state index in [0.717, 1.165) is 0 Å². The van der Waals surface area contributed by atoms with Gasteiger partial charge < -0.3 is 20.1 Å². The fourth-order valence-electron chi connectivity index (χ4n) is 0.607. The summed E-state index contributed by atoms with van der Waals surface area (Å²) in [6.45, 7) is 0.623. The summed E-state index contributed by atoms with van der Waals surface area (Å²) < 4.78 is 4.56. The Morgan fingerprint density at radius 1 is 1.42 bits per heavy atom. The van der Waals surface area contributed by atoms with E-state index >= 15 is 0 Å². The number of aliphatic hydroxyl groups excluding tert-OH is 3. The van der Waals surface area contributed by atoms with Crippen LogP contribution in [0.4, 0.5) is 0 Å². The highest BCUT2D eigenvalue weighted by Crippen LogP contribution is 1.97. The molecule has 0 aliphatic carbocycles. The summed E-state index contributed by atoms with van der Waals surface area (Å²) in [5.41, 5.74) is 0. The second kappa shape index (κ2) is 5.93. The van der Waals surface area contributed by atoms with E-state index in [4.69, 9.17) is 15.3 Å². The fraction of sp³-hybridized carbons (Fsp3) is 0.857. The maximum atomic E-state index is 10.8. The highest BCUT2D eigenvalue weighted by molar-refractivity contribution is 5.70. The van der Waals surface area contributed by atoms with Crippen molar-refractivity contribution in [2.45, 2.75) is 25.6 Å². The van der Waals surface area contributed by atoms with Gasteiger partial charge in [0.25, 0.3) is 0 Å². The molecule has 12 heavy (non-hydrogen) atoms. The first-order valence-corrected chi connectivity index (χ1v) is 3.69. The first-order valence-electron chi connectivity index (χ1n) is 3.69. The molecule has 0 bridgehead atoms. The first-order chi connectivity index (χ1) is 5.60. The Labute approximate surface area is 70.6 Å². The van der Waals surface area contributed by atoms with Crippen molar-refractivity contribution >= 4 is 5.97 Å². The van der Waals surface area contributed by atoms with Crippen molar-refractivity contribution in [1.82, 2.24) is 0 Å². The molecule has 0 heterocycles. The van der Waals surface area contributed by atoms with Crippen molar-refractivity contribution in [1.29, 1.82) is 0 Å². The lowest BCUT2D eigenvalue weighted by Crippen LogP contribution is -2.27. The van der Waals surface area contributed by atoms with E-state index in [1.807, 2.05) is 0 Å². The predicted molar refractivity (Wildman–Crippen MR) is 40.3 cm³/mol. The minimum absolute atomic E-state index is 0.128. The van der Waals surface area contributed by atoms with Crippen LogP contribution in [0.25, 0.3) is 0 Å². The maximum Gasteiger partial charge on any atom is 0.308 e. The van der Waals surface area contributed by atoms with Crippen LogP contribution in [0, 0.1) is 0 Å². The van der Waals surface area contributed by atoms with Gasteiger partial charge in [-0.3, -0.25) is 4.79 Å². The normalized spacial score (nSPS) is 13.1. The Morgan fingerprint density at radius 2 is 1.92 bits per heavy atom. The van der Waals surface area contributed by atoms with Gasteiger partial charge in [0, 0.05) is 0 Å². The van der Waals surface area contributed by atoms with Crippen LogP contribution >= 0.6 is 0 Å². The van der Waals surface area contributed by atoms with E-state index in [2.05, 4.69) is 4.74 Å². The summed E-state index contributed by atoms with van der Waals surface area (Å²) in [6.07, 6.45) is -1.77. The molecule has 0 aliphatic rings. The molecule has 0 radical (unpaired) electrons. The molecule has 5 nitrogen and oxygen atoms in total. The monoisotopic (exact) mass is 178 g/mol. The van der Waals surface area contributed by atoms with Crippen LogP contribution < -0.4 is 0 Å². The predicted octanol–water partition coefficient (Wildman–Crippen LogP) is -1.35. The molecular weight excluding hydrogens is 164 g/mol. The number of esters is 1. The van der Waals surface area contributed by atoms with E-state index in [1.54, 1.807) is 0 Å². The molecule has 0 aliphatic heterocycles. The smallest absolute Gasteiger partial charge is 0.308 e. The second-order valence-corrected chi connectivity index (χ2v) is 2.53. The van der Waals surface area contributed by atoms with Crippen LogP contribution in [0.1, 0.15) is 13.3 Å². The van der Waals surface area contributed by atoms with Crippen LogP contribution in [0.5, 0.6) is 0 Å². The molecule has 0 aromatic heterocycles. The van der Waals surface area contributed by atoms with Crippen LogP contribution in [-0.2, 0) is 9.53 Å². The lowest BCUT2D eigenvalue weighted by atomic mass is 10.3. The molecule has 0 aromatic rings. The van der Waals surface area contributed by atoms with E-state index in [9.17, 15) is 4.79 Å². The van der Waals surface area contributed by atoms with Gasteiger partial charge in [0.2, 0.25) is 0 Å². The van der Waals surface area contributed by atoms with Gasteiger partial charge in [0.1, 0.15) is 6.10 Å². The number of carbonyl (C=O) groups excluding carboxylic acids is 1. The molecular formula is C7H14O5. The molecule has 3 N–H and O–H groups in total. The Bertz CT molecular complexity index is 130. The zero-order chi connectivity index (χ0) is 9.56. The fourth-order valence-corrected chi connectivity index (χ4v) is 0.607. The topological polar surface area (TPSA) is 87.0 Å². The second-order valence-electron chi connectivity index (χ2n) is 2.53. The molecule has 0 fully saturated rings. The third-order valence-electron chi connectivity index (χ3n) is 1.17. The van der Waals surface area contributed by atoms with Gasteiger partial charge in [0.15, 0.2) is 0 Å². The molecule has 0 spiro atoms. The molecule has 5 heteroatoms. The van der Waals surface area contributed by atoms with E-state index in [1.165, 1.54) is 6.92 Å². The number of carbonyl (C=O) groups is 1. The van der Waals surface area contributed by atoms with Crippen LogP contribution in [0.2, 0.25) is 0 Å². The largest absolute Gasteiger partial charge is 0.457 e. The number of hydrogen-bond donors (Lipinski definition) is 3. The molecule has 0 aromatic carbocycles. The van der Waals surface area contributed by atoms with E-state index in [0.29, 0.717) is 0 Å². The summed E-state index contributed by atoms with van der Waals surface area (Å²) in [4.78, 5) is 10.8. The van der Waals surface area contributed by atoms with Gasteiger partial charge >= 0.3 is 5.97 Å². The maximum absolute atomic E-state index is 10.8. The summed E-state index contributed by atoms with van der Waals surface area (Å²) in [6, 6.07) is 0. The highest BCUT2D eigenvalue weighted by Gasteiger charge is 2.13. The summed E-state index contributed by atoms with van der Waals surface area (Å²) in [5.74, 6) is -0.627. The summed E-state index contributed by atoms with van der Waals surface area (Å²) in [5, 5.41) is 25.8. The number of ether oxygens (including phenoxy) is 1. The molecule has 0 rings (SSSR count). The molecule has 1 unspecified atom stereocenters. The van der Waals surface area contributed by atoms with E-state index < -0.39 is 31.4 Å². The third-order valence-corrected chi connectivity index (χ3v) is 1.17. The van der Waals surface area contributed by atoms with Crippen molar-refractivity contribution in [2.75, 3.05) is 13.2 Å². The Morgan fingerprint density at radius 3 is 2.25 bits per heavy atom. The number of rotatable bonds is 5. The zero-order valence-electron chi connectivity index (χ0n) is 6.93. The zero-order valence-corrected chi connectivity index (χ0v) is 6.93. The number of aliphatic hydroxyl groups is 3. The van der Waals surface area contributed by atoms with Gasteiger partial charge in [0.05, 0.1) is 25.7 Å². The van der Waals surface area contributed by atoms with Crippen molar-refractivity contribution in [2.24, 2.45) is 0 Å². The molecule has 0 saturated heterocycles. The van der Waals surface area contributed by atoms with Gasteiger partial charge in [-0.15, -0.1) is 0 Å². The van der Waals surface area contributed by atoms with Crippen LogP contribution in [0.15, 0.2) is 0 Å². The van der Waals surface area contributed by atoms with Gasteiger partial charge in [-0.05, 0) is 6.92 Å². The Hall–Kier alpha value is -0.650. The van der Waals surface area contributed by atoms with Gasteiger partial charge in [-0.25, -0.2) is 0 Å². The molecule has 0 saturated carbocycles. The van der Waals surface area contributed by atoms with Gasteiger partial charge in [-0.2, -0.15) is 0 Å². The average molecular weight is 178 g/mol. The minimum atomic E-state index is -0.878. The quantitative estimate of drug-likeness (QED) is 0.453. The lowest BCUT2D eigenvalue weighted by Gasteiger charge is -2.12. The standard InChI is InChI=1S/C7H14O5/c1-5(10)2-7(11)12-6(3-8)4-9/h5-6,8-10H,2-4H2,1H3. The minimum Gasteiger partial charge on any atom is -0.457 e. The van der Waals surface area contributed by atoms with Crippen molar-refractivity contribution < 1.29 is 24.9 Å². The molecule has 72 valence electrons. The van der Waals surface area contributed by atoms with Crippen LogP contribution in [0.3, 0.4) is 0 Å². The van der Waals surface area contributed by atoms with Crippen LogP contribution in [-0.4, -0.2) is 46.7 Å². The summed E-state index contributed by atoms with van der Waals surface area (Å²) in [7, 11) is 0. The molecule has 0 amide bonds. The third kappa shape index (κ3) is 5.06. The first kappa shape index (κ1) is 11.4. The Kier molecular flexibility index (Phi) is 5.61. The molecule has 1 atom stereocenters. The van der Waals surface area contributed by atoms with Gasteiger partial charge in [-0.1, -0.05) is 0 Å².